The van der Waals surface area contributed by atoms with Gasteiger partial charge in [0.25, 0.3) is 0 Å². The molecule has 116 valence electrons. The average Bonchev–Trinajstić information content (AvgIpc) is 2.46. The second kappa shape index (κ2) is 6.61. The molecule has 21 heavy (non-hydrogen) atoms. The number of hydrogen-bond acceptors (Lipinski definition) is 5. The van der Waals surface area contributed by atoms with Gasteiger partial charge in [-0.25, -0.2) is 0 Å². The smallest absolute Gasteiger partial charge is 0.162 e. The Balaban J connectivity index is 2.23. The van der Waals surface area contributed by atoms with Crippen molar-refractivity contribution in [1.82, 2.24) is 4.90 Å². The van der Waals surface area contributed by atoms with E-state index in [1.165, 1.54) is 12.8 Å². The van der Waals surface area contributed by atoms with Gasteiger partial charge in [0.2, 0.25) is 0 Å². The first-order chi connectivity index (χ1) is 10.1. The van der Waals surface area contributed by atoms with Crippen LogP contribution in [0.5, 0.6) is 11.5 Å². The van der Waals surface area contributed by atoms with Gasteiger partial charge in [0.15, 0.2) is 11.5 Å². The Morgan fingerprint density at radius 1 is 1.29 bits per heavy atom. The van der Waals surface area contributed by atoms with E-state index < -0.39 is 0 Å². The van der Waals surface area contributed by atoms with Crippen LogP contribution in [-0.2, 0) is 0 Å². The van der Waals surface area contributed by atoms with Crippen molar-refractivity contribution >= 4 is 11.4 Å². The summed E-state index contributed by atoms with van der Waals surface area (Å²) in [4.78, 5) is 2.26. The molecule has 0 bridgehead atoms. The molecule has 1 fully saturated rings. The van der Waals surface area contributed by atoms with Crippen molar-refractivity contribution < 1.29 is 9.47 Å². The molecule has 1 aromatic rings. The molecule has 0 aliphatic carbocycles. The van der Waals surface area contributed by atoms with Crippen molar-refractivity contribution in [2.75, 3.05) is 33.0 Å². The number of benzene rings is 1. The lowest BCUT2D eigenvalue weighted by atomic mass is 9.93. The highest BCUT2D eigenvalue weighted by Crippen LogP contribution is 2.38. The SMILES string of the molecule is CCCC1CN(/C(=C/N)c2cc(OC)c(OC)cc2N)C1. The van der Waals surface area contributed by atoms with Crippen LogP contribution in [0.2, 0.25) is 0 Å². The van der Waals surface area contributed by atoms with Crippen LogP contribution in [0, 0.1) is 5.92 Å². The summed E-state index contributed by atoms with van der Waals surface area (Å²) in [5, 5.41) is 0. The first-order valence-electron chi connectivity index (χ1n) is 7.33. The summed E-state index contributed by atoms with van der Waals surface area (Å²) in [5.41, 5.74) is 14.5. The molecule has 0 aromatic heterocycles. The molecule has 5 nitrogen and oxygen atoms in total. The fourth-order valence-electron chi connectivity index (χ4n) is 2.84. The first kappa shape index (κ1) is 15.4. The summed E-state index contributed by atoms with van der Waals surface area (Å²) in [7, 11) is 3.21. The van der Waals surface area contributed by atoms with Crippen LogP contribution in [0.3, 0.4) is 0 Å². The topological polar surface area (TPSA) is 73.7 Å². The molecular weight excluding hydrogens is 266 g/mol. The van der Waals surface area contributed by atoms with Gasteiger partial charge in [-0.05, 0) is 18.4 Å². The van der Waals surface area contributed by atoms with Crippen LogP contribution in [0.4, 0.5) is 5.69 Å². The van der Waals surface area contributed by atoms with Crippen LogP contribution >= 0.6 is 0 Å². The molecule has 0 unspecified atom stereocenters. The van der Waals surface area contributed by atoms with Gasteiger partial charge in [0, 0.05) is 36.6 Å². The number of likely N-dealkylation sites (tertiary alicyclic amines) is 1. The monoisotopic (exact) mass is 291 g/mol. The number of nitrogen functional groups attached to an aromatic ring is 1. The van der Waals surface area contributed by atoms with E-state index in [0.717, 1.165) is 30.3 Å². The van der Waals surface area contributed by atoms with E-state index in [1.807, 2.05) is 6.07 Å². The number of nitrogens with zero attached hydrogens (tertiary/aromatic N) is 1. The third-order valence-corrected chi connectivity index (χ3v) is 3.98. The van der Waals surface area contributed by atoms with E-state index in [0.29, 0.717) is 17.2 Å². The molecule has 0 saturated carbocycles. The van der Waals surface area contributed by atoms with Gasteiger partial charge in [-0.3, -0.25) is 0 Å². The summed E-state index contributed by atoms with van der Waals surface area (Å²) < 4.78 is 10.6. The summed E-state index contributed by atoms with van der Waals surface area (Å²) >= 11 is 0. The molecule has 0 amide bonds. The predicted molar refractivity (Wildman–Crippen MR) is 86.1 cm³/mol. The van der Waals surface area contributed by atoms with Crippen LogP contribution in [0.1, 0.15) is 25.3 Å². The fourth-order valence-corrected chi connectivity index (χ4v) is 2.84. The van der Waals surface area contributed by atoms with Crippen LogP contribution in [-0.4, -0.2) is 32.2 Å². The normalized spacial score (nSPS) is 15.8. The zero-order chi connectivity index (χ0) is 15.4. The lowest BCUT2D eigenvalue weighted by Gasteiger charge is -2.42. The fraction of sp³-hybridized carbons (Fsp3) is 0.500. The van der Waals surface area contributed by atoms with Gasteiger partial charge in [0.1, 0.15) is 0 Å². The maximum atomic E-state index is 6.15. The largest absolute Gasteiger partial charge is 0.493 e. The van der Waals surface area contributed by atoms with Gasteiger partial charge in [-0.15, -0.1) is 0 Å². The second-order valence-electron chi connectivity index (χ2n) is 5.41. The van der Waals surface area contributed by atoms with E-state index in [2.05, 4.69) is 11.8 Å². The van der Waals surface area contributed by atoms with Gasteiger partial charge in [0.05, 0.1) is 19.9 Å². The van der Waals surface area contributed by atoms with E-state index in [-0.39, 0.29) is 0 Å². The minimum atomic E-state index is 0.627. The van der Waals surface area contributed by atoms with E-state index in [4.69, 9.17) is 20.9 Å². The molecule has 1 saturated heterocycles. The molecule has 1 aromatic carbocycles. The lowest BCUT2D eigenvalue weighted by Crippen LogP contribution is -2.45. The van der Waals surface area contributed by atoms with Gasteiger partial charge >= 0.3 is 0 Å². The Bertz CT molecular complexity index is 522. The molecule has 2 rings (SSSR count). The van der Waals surface area contributed by atoms with Crippen molar-refractivity contribution in [2.24, 2.45) is 11.7 Å². The minimum Gasteiger partial charge on any atom is -0.493 e. The predicted octanol–water partition coefficient (Wildman–Crippen LogP) is 2.28. The van der Waals surface area contributed by atoms with Gasteiger partial charge < -0.3 is 25.8 Å². The number of ether oxygens (including phenoxy) is 2. The first-order valence-corrected chi connectivity index (χ1v) is 7.33. The van der Waals surface area contributed by atoms with Crippen molar-refractivity contribution in [3.63, 3.8) is 0 Å². The number of rotatable bonds is 6. The van der Waals surface area contributed by atoms with E-state index in [1.54, 1.807) is 26.5 Å². The van der Waals surface area contributed by atoms with Crippen molar-refractivity contribution in [2.45, 2.75) is 19.8 Å². The summed E-state index contributed by atoms with van der Waals surface area (Å²) in [6.45, 7) is 4.28. The molecule has 0 radical (unpaired) electrons. The molecule has 4 N–H and O–H groups in total. The maximum absolute atomic E-state index is 6.15. The van der Waals surface area contributed by atoms with Crippen molar-refractivity contribution in [1.29, 1.82) is 0 Å². The quantitative estimate of drug-likeness (QED) is 0.787. The third-order valence-electron chi connectivity index (χ3n) is 3.98. The molecule has 1 aliphatic rings. The Morgan fingerprint density at radius 3 is 2.43 bits per heavy atom. The highest BCUT2D eigenvalue weighted by molar-refractivity contribution is 5.77. The van der Waals surface area contributed by atoms with Crippen LogP contribution in [0.15, 0.2) is 18.3 Å². The van der Waals surface area contributed by atoms with Crippen LogP contribution < -0.4 is 20.9 Å². The molecule has 1 heterocycles. The van der Waals surface area contributed by atoms with Gasteiger partial charge in [-0.1, -0.05) is 13.3 Å². The number of methoxy groups -OCH3 is 2. The average molecular weight is 291 g/mol. The van der Waals surface area contributed by atoms with Crippen molar-refractivity contribution in [3.05, 3.63) is 23.9 Å². The van der Waals surface area contributed by atoms with Gasteiger partial charge in [-0.2, -0.15) is 0 Å². The van der Waals surface area contributed by atoms with Crippen molar-refractivity contribution in [3.8, 4) is 11.5 Å². The molecular formula is C16H25N3O2. The lowest BCUT2D eigenvalue weighted by molar-refractivity contribution is 0.164. The summed E-state index contributed by atoms with van der Waals surface area (Å²) in [6.07, 6.45) is 4.11. The van der Waals surface area contributed by atoms with E-state index in [9.17, 15) is 0 Å². The zero-order valence-corrected chi connectivity index (χ0v) is 13.1. The highest BCUT2D eigenvalue weighted by Gasteiger charge is 2.29. The second-order valence-corrected chi connectivity index (χ2v) is 5.41. The number of hydrogen-bond donors (Lipinski definition) is 2. The Hall–Kier alpha value is -2.04. The molecule has 5 heteroatoms. The maximum Gasteiger partial charge on any atom is 0.162 e. The molecule has 0 spiro atoms. The third kappa shape index (κ3) is 3.01. The molecule has 0 atom stereocenters. The number of nitrogens with two attached hydrogens (primary N) is 2. The minimum absolute atomic E-state index is 0.627. The summed E-state index contributed by atoms with van der Waals surface area (Å²) in [6, 6.07) is 3.67. The Kier molecular flexibility index (Phi) is 4.83. The highest BCUT2D eigenvalue weighted by atomic mass is 16.5. The van der Waals surface area contributed by atoms with E-state index >= 15 is 0 Å². The zero-order valence-electron chi connectivity index (χ0n) is 13.1. The molecule has 1 aliphatic heterocycles. The Labute approximate surface area is 126 Å². The summed E-state index contributed by atoms with van der Waals surface area (Å²) in [5.74, 6) is 2.04. The number of anilines is 1. The van der Waals surface area contributed by atoms with Crippen LogP contribution in [0.25, 0.3) is 5.70 Å². The standard InChI is InChI=1S/C16H25N3O2/c1-4-5-11-9-19(10-11)14(8-17)12-6-15(20-2)16(21-3)7-13(12)18/h6-8,11H,4-5,9-10,17-18H2,1-3H3/b14-8+. The Morgan fingerprint density at radius 2 is 1.90 bits per heavy atom.